The van der Waals surface area contributed by atoms with E-state index in [0.717, 1.165) is 18.5 Å². The van der Waals surface area contributed by atoms with Gasteiger partial charge < -0.3 is 0 Å². The molecule has 0 fully saturated rings. The molecule has 0 bridgehead atoms. The molecule has 0 saturated carbocycles. The number of allylic oxidation sites excluding steroid dienone is 1. The van der Waals surface area contributed by atoms with Crippen LogP contribution in [0.5, 0.6) is 0 Å². The maximum atomic E-state index is 5.59. The highest BCUT2D eigenvalue weighted by Crippen LogP contribution is 2.18. The Morgan fingerprint density at radius 3 is 2.82 bits per heavy atom. The van der Waals surface area contributed by atoms with Crippen LogP contribution in [0.3, 0.4) is 0 Å². The summed E-state index contributed by atoms with van der Waals surface area (Å²) in [6, 6.07) is 4.33. The highest BCUT2D eigenvalue weighted by atomic mass is 15.2. The molecule has 0 aliphatic heterocycles. The van der Waals surface area contributed by atoms with Gasteiger partial charge in [0.1, 0.15) is 0 Å². The Labute approximate surface area is 104 Å². The summed E-state index contributed by atoms with van der Waals surface area (Å²) in [6.07, 6.45) is 9.66. The van der Waals surface area contributed by atoms with E-state index < -0.39 is 0 Å². The van der Waals surface area contributed by atoms with Crippen molar-refractivity contribution < 1.29 is 0 Å². The lowest BCUT2D eigenvalue weighted by Gasteiger charge is -2.15. The maximum Gasteiger partial charge on any atom is 0.0475 e. The van der Waals surface area contributed by atoms with Gasteiger partial charge in [-0.25, -0.2) is 0 Å². The van der Waals surface area contributed by atoms with Crippen LogP contribution in [-0.2, 0) is 0 Å². The first-order chi connectivity index (χ1) is 8.27. The average molecular weight is 233 g/mol. The van der Waals surface area contributed by atoms with E-state index in [1.165, 1.54) is 24.8 Å². The van der Waals surface area contributed by atoms with E-state index >= 15 is 0 Å². The van der Waals surface area contributed by atoms with Crippen molar-refractivity contribution in [2.45, 2.75) is 45.1 Å². The molecule has 3 nitrogen and oxygen atoms in total. The van der Waals surface area contributed by atoms with Crippen LogP contribution in [0.1, 0.15) is 49.4 Å². The highest BCUT2D eigenvalue weighted by Gasteiger charge is 2.08. The number of nitrogens with two attached hydrogens (primary N) is 1. The summed E-state index contributed by atoms with van der Waals surface area (Å²) in [5.41, 5.74) is 5.07. The number of hydrogen-bond acceptors (Lipinski definition) is 3. The second-order valence-corrected chi connectivity index (χ2v) is 4.38. The van der Waals surface area contributed by atoms with Gasteiger partial charge in [0, 0.05) is 17.9 Å². The van der Waals surface area contributed by atoms with E-state index in [4.69, 9.17) is 5.84 Å². The fraction of sp³-hybridized carbons (Fsp3) is 0.500. The van der Waals surface area contributed by atoms with E-state index in [-0.39, 0.29) is 6.04 Å². The van der Waals surface area contributed by atoms with Crippen LogP contribution in [0, 0.1) is 6.92 Å². The summed E-state index contributed by atoms with van der Waals surface area (Å²) in [5, 5.41) is 0. The van der Waals surface area contributed by atoms with Crippen LogP contribution < -0.4 is 11.3 Å². The summed E-state index contributed by atoms with van der Waals surface area (Å²) in [4.78, 5) is 4.30. The first kappa shape index (κ1) is 13.9. The van der Waals surface area contributed by atoms with E-state index in [1.807, 2.05) is 25.3 Å². The lowest BCUT2D eigenvalue weighted by Crippen LogP contribution is -2.28. The minimum absolute atomic E-state index is 0.215. The van der Waals surface area contributed by atoms with Crippen molar-refractivity contribution in [3.63, 3.8) is 0 Å². The summed E-state index contributed by atoms with van der Waals surface area (Å²) in [7, 11) is 0. The summed E-state index contributed by atoms with van der Waals surface area (Å²) in [6.45, 7) is 5.71. The predicted molar refractivity (Wildman–Crippen MR) is 72.3 cm³/mol. The number of hydrazine groups is 1. The number of aromatic nitrogens is 1. The van der Waals surface area contributed by atoms with Crippen molar-refractivity contribution in [3.8, 4) is 0 Å². The Hall–Kier alpha value is -1.19. The molecule has 3 heteroatoms. The quantitative estimate of drug-likeness (QED) is 0.314. The van der Waals surface area contributed by atoms with E-state index in [2.05, 4.69) is 23.1 Å². The molecule has 0 spiro atoms. The second kappa shape index (κ2) is 7.98. The molecule has 1 atom stereocenters. The summed E-state index contributed by atoms with van der Waals surface area (Å²) < 4.78 is 0. The third kappa shape index (κ3) is 5.11. The Bertz CT molecular complexity index is 319. The molecule has 1 aromatic rings. The van der Waals surface area contributed by atoms with Crippen LogP contribution in [0.15, 0.2) is 31.0 Å². The molecule has 0 aliphatic rings. The fourth-order valence-electron chi connectivity index (χ4n) is 1.85. The van der Waals surface area contributed by atoms with Crippen LogP contribution >= 0.6 is 0 Å². The minimum atomic E-state index is 0.215. The summed E-state index contributed by atoms with van der Waals surface area (Å²) >= 11 is 0. The molecular weight excluding hydrogens is 210 g/mol. The number of nitrogens with one attached hydrogen (secondary N) is 1. The van der Waals surface area contributed by atoms with Crippen molar-refractivity contribution in [1.82, 2.24) is 10.4 Å². The molecule has 3 N–H and O–H groups in total. The third-order valence-electron chi connectivity index (χ3n) is 2.94. The Morgan fingerprint density at radius 2 is 2.24 bits per heavy atom. The molecule has 1 heterocycles. The largest absolute Gasteiger partial charge is 0.271 e. The van der Waals surface area contributed by atoms with Crippen LogP contribution in [0.25, 0.3) is 0 Å². The molecule has 1 rings (SSSR count). The summed E-state index contributed by atoms with van der Waals surface area (Å²) in [5.74, 6) is 5.59. The van der Waals surface area contributed by atoms with Gasteiger partial charge >= 0.3 is 0 Å². The Morgan fingerprint density at radius 1 is 1.41 bits per heavy atom. The molecule has 0 aromatic carbocycles. The zero-order chi connectivity index (χ0) is 12.5. The third-order valence-corrected chi connectivity index (χ3v) is 2.94. The number of rotatable bonds is 8. The van der Waals surface area contributed by atoms with Gasteiger partial charge in [0.25, 0.3) is 0 Å². The van der Waals surface area contributed by atoms with Crippen LogP contribution in [0.2, 0.25) is 0 Å². The number of nitrogens with zero attached hydrogens (tertiary/aromatic N) is 1. The topological polar surface area (TPSA) is 50.9 Å². The Kier molecular flexibility index (Phi) is 6.51. The monoisotopic (exact) mass is 233 g/mol. The van der Waals surface area contributed by atoms with Gasteiger partial charge in [-0.2, -0.15) is 0 Å². The molecule has 1 aromatic heterocycles. The van der Waals surface area contributed by atoms with Gasteiger partial charge in [0.15, 0.2) is 0 Å². The number of pyridine rings is 1. The van der Waals surface area contributed by atoms with Crippen molar-refractivity contribution in [2.24, 2.45) is 5.84 Å². The second-order valence-electron chi connectivity index (χ2n) is 4.38. The highest BCUT2D eigenvalue weighted by molar-refractivity contribution is 5.16. The lowest BCUT2D eigenvalue weighted by molar-refractivity contribution is 0.482. The molecule has 94 valence electrons. The van der Waals surface area contributed by atoms with Crippen molar-refractivity contribution in [1.29, 1.82) is 0 Å². The standard InChI is InChI=1S/C14H23N3/c1-3-4-5-6-7-8-14(17-15)13-10-9-12(2)16-11-13/h3,9-11,14,17H,1,4-8,15H2,2H3. The smallest absolute Gasteiger partial charge is 0.0475 e. The Balaban J connectivity index is 2.37. The molecule has 0 radical (unpaired) electrons. The first-order valence-electron chi connectivity index (χ1n) is 6.27. The normalized spacial score (nSPS) is 12.4. The zero-order valence-electron chi connectivity index (χ0n) is 10.7. The van der Waals surface area contributed by atoms with Crippen LogP contribution in [0.4, 0.5) is 0 Å². The zero-order valence-corrected chi connectivity index (χ0v) is 10.7. The molecule has 0 saturated heterocycles. The lowest BCUT2D eigenvalue weighted by atomic mass is 10.0. The van der Waals surface area contributed by atoms with Gasteiger partial charge in [-0.05, 0) is 37.8 Å². The van der Waals surface area contributed by atoms with Gasteiger partial charge in [-0.15, -0.1) is 6.58 Å². The molecule has 1 unspecified atom stereocenters. The first-order valence-corrected chi connectivity index (χ1v) is 6.27. The fourth-order valence-corrected chi connectivity index (χ4v) is 1.85. The molecular formula is C14H23N3. The predicted octanol–water partition coefficient (Wildman–Crippen LogP) is 3.03. The number of aryl methyl sites for hydroxylation is 1. The average Bonchev–Trinajstić information content (AvgIpc) is 2.35. The number of hydrogen-bond donors (Lipinski definition) is 2. The van der Waals surface area contributed by atoms with Gasteiger partial charge in [-0.1, -0.05) is 25.0 Å². The molecule has 0 amide bonds. The molecule has 0 aliphatic carbocycles. The van der Waals surface area contributed by atoms with E-state index in [0.29, 0.717) is 0 Å². The maximum absolute atomic E-state index is 5.59. The van der Waals surface area contributed by atoms with Crippen molar-refractivity contribution >= 4 is 0 Å². The van der Waals surface area contributed by atoms with Crippen molar-refractivity contribution in [3.05, 3.63) is 42.2 Å². The number of unbranched alkanes of at least 4 members (excludes halogenated alkanes) is 3. The van der Waals surface area contributed by atoms with Gasteiger partial charge in [-0.3, -0.25) is 16.3 Å². The molecule has 17 heavy (non-hydrogen) atoms. The van der Waals surface area contributed by atoms with E-state index in [1.54, 1.807) is 0 Å². The van der Waals surface area contributed by atoms with Gasteiger partial charge in [0.05, 0.1) is 0 Å². The van der Waals surface area contributed by atoms with Gasteiger partial charge in [0.2, 0.25) is 0 Å². The van der Waals surface area contributed by atoms with E-state index in [9.17, 15) is 0 Å². The minimum Gasteiger partial charge on any atom is -0.271 e. The van der Waals surface area contributed by atoms with Crippen LogP contribution in [-0.4, -0.2) is 4.98 Å². The van der Waals surface area contributed by atoms with Crippen molar-refractivity contribution in [2.75, 3.05) is 0 Å². The SMILES string of the molecule is C=CCCCCCC(NN)c1ccc(C)nc1.